The van der Waals surface area contributed by atoms with E-state index in [4.69, 9.17) is 0 Å². The second-order valence-electron chi connectivity index (χ2n) is 4.99. The molecule has 1 heterocycles. The minimum atomic E-state index is 0.436. The molecule has 0 radical (unpaired) electrons. The van der Waals surface area contributed by atoms with Crippen LogP contribution in [0.4, 0.5) is 0 Å². The van der Waals surface area contributed by atoms with Gasteiger partial charge in [-0.25, -0.2) is 0 Å². The van der Waals surface area contributed by atoms with Crippen LogP contribution < -0.4 is 5.32 Å². The lowest BCUT2D eigenvalue weighted by Gasteiger charge is -2.24. The number of thiophene rings is 1. The Morgan fingerprint density at radius 3 is 3.00 bits per heavy atom. The van der Waals surface area contributed by atoms with E-state index in [-0.39, 0.29) is 0 Å². The Morgan fingerprint density at radius 1 is 1.60 bits per heavy atom. The normalized spacial score (nSPS) is 31.0. The molecule has 2 rings (SSSR count). The Labute approximate surface area is 96.9 Å². The van der Waals surface area contributed by atoms with Gasteiger partial charge in [0.15, 0.2) is 0 Å². The van der Waals surface area contributed by atoms with E-state index in [0.29, 0.717) is 5.41 Å². The van der Waals surface area contributed by atoms with Crippen LogP contribution in [0.2, 0.25) is 0 Å². The summed E-state index contributed by atoms with van der Waals surface area (Å²) in [7, 11) is 0. The first-order chi connectivity index (χ1) is 7.15. The van der Waals surface area contributed by atoms with Gasteiger partial charge in [0.2, 0.25) is 0 Å². The topological polar surface area (TPSA) is 12.0 Å². The van der Waals surface area contributed by atoms with E-state index in [1.165, 1.54) is 24.8 Å². The van der Waals surface area contributed by atoms with Gasteiger partial charge in [0.05, 0.1) is 0 Å². The maximum Gasteiger partial charge on any atom is 0.0134 e. The molecule has 2 heteroatoms. The second-order valence-corrected chi connectivity index (χ2v) is 5.91. The highest BCUT2D eigenvalue weighted by atomic mass is 32.1. The molecule has 2 unspecified atom stereocenters. The molecule has 1 aromatic rings. The Bertz CT molecular complexity index is 331. The zero-order valence-corrected chi connectivity index (χ0v) is 10.8. The molecule has 1 saturated carbocycles. The fourth-order valence-electron chi connectivity index (χ4n) is 2.90. The predicted molar refractivity (Wildman–Crippen MR) is 67.7 cm³/mol. The fraction of sp³-hybridized carbons (Fsp3) is 0.692. The number of hydrogen-bond donors (Lipinski definition) is 1. The largest absolute Gasteiger partial charge is 0.314 e. The number of nitrogens with one attached hydrogen (secondary N) is 1. The number of aryl methyl sites for hydroxylation is 1. The van der Waals surface area contributed by atoms with Crippen molar-refractivity contribution in [3.05, 3.63) is 21.9 Å². The van der Waals surface area contributed by atoms with E-state index in [1.807, 2.05) is 11.3 Å². The fourth-order valence-corrected chi connectivity index (χ4v) is 4.03. The van der Waals surface area contributed by atoms with Gasteiger partial charge in [-0.1, -0.05) is 13.8 Å². The molecule has 1 N–H and O–H groups in total. The van der Waals surface area contributed by atoms with Gasteiger partial charge in [0, 0.05) is 16.3 Å². The van der Waals surface area contributed by atoms with Gasteiger partial charge in [-0.05, 0) is 49.7 Å². The first-order valence-corrected chi connectivity index (χ1v) is 6.81. The molecule has 0 aliphatic heterocycles. The van der Waals surface area contributed by atoms with Gasteiger partial charge in [0.25, 0.3) is 0 Å². The Morgan fingerprint density at radius 2 is 2.40 bits per heavy atom. The van der Waals surface area contributed by atoms with E-state index < -0.39 is 0 Å². The maximum absolute atomic E-state index is 3.59. The molecule has 1 nitrogen and oxygen atoms in total. The third-order valence-corrected chi connectivity index (χ3v) is 4.97. The summed E-state index contributed by atoms with van der Waals surface area (Å²) in [6.07, 6.45) is 3.98. The molecule has 1 aliphatic rings. The molecule has 1 fully saturated rings. The Hall–Kier alpha value is -0.340. The van der Waals surface area contributed by atoms with Crippen LogP contribution in [-0.4, -0.2) is 12.6 Å². The van der Waals surface area contributed by atoms with E-state index in [1.54, 1.807) is 4.88 Å². The third kappa shape index (κ3) is 2.11. The van der Waals surface area contributed by atoms with Gasteiger partial charge in [-0.3, -0.25) is 0 Å². The summed E-state index contributed by atoms with van der Waals surface area (Å²) in [5.41, 5.74) is 1.92. The molecule has 0 amide bonds. The second kappa shape index (κ2) is 4.26. The highest BCUT2D eigenvalue weighted by molar-refractivity contribution is 7.10. The van der Waals surface area contributed by atoms with Crippen LogP contribution in [0.15, 0.2) is 11.4 Å². The zero-order valence-electron chi connectivity index (χ0n) is 9.97. The quantitative estimate of drug-likeness (QED) is 0.827. The van der Waals surface area contributed by atoms with Crippen LogP contribution in [0, 0.1) is 6.92 Å². The van der Waals surface area contributed by atoms with Gasteiger partial charge in [0.1, 0.15) is 0 Å². The maximum atomic E-state index is 3.59. The van der Waals surface area contributed by atoms with Crippen molar-refractivity contribution in [3.63, 3.8) is 0 Å². The molecule has 84 valence electrons. The van der Waals surface area contributed by atoms with Crippen LogP contribution in [-0.2, 0) is 5.41 Å². The van der Waals surface area contributed by atoms with Gasteiger partial charge in [-0.2, -0.15) is 0 Å². The SMILES string of the molecule is CCNC1CCC(C)(c2sccc2C)C1. The van der Waals surface area contributed by atoms with Crippen LogP contribution >= 0.6 is 11.3 Å². The first-order valence-electron chi connectivity index (χ1n) is 5.93. The smallest absolute Gasteiger partial charge is 0.0134 e. The summed E-state index contributed by atoms with van der Waals surface area (Å²) in [4.78, 5) is 1.61. The third-order valence-electron chi connectivity index (χ3n) is 3.64. The molecule has 15 heavy (non-hydrogen) atoms. The predicted octanol–water partition coefficient (Wildman–Crippen LogP) is 3.48. The average molecular weight is 223 g/mol. The molecule has 0 saturated heterocycles. The van der Waals surface area contributed by atoms with E-state index in [9.17, 15) is 0 Å². The molecular formula is C13H21NS. The lowest BCUT2D eigenvalue weighted by Crippen LogP contribution is -2.28. The van der Waals surface area contributed by atoms with Crippen LogP contribution in [0.1, 0.15) is 43.6 Å². The molecule has 1 aromatic heterocycles. The van der Waals surface area contributed by atoms with Crippen molar-refractivity contribution in [2.45, 2.75) is 51.5 Å². The minimum absolute atomic E-state index is 0.436. The Balaban J connectivity index is 2.13. The lowest BCUT2D eigenvalue weighted by atomic mass is 9.85. The van der Waals surface area contributed by atoms with Crippen LogP contribution in [0.25, 0.3) is 0 Å². The summed E-state index contributed by atoms with van der Waals surface area (Å²) >= 11 is 1.94. The summed E-state index contributed by atoms with van der Waals surface area (Å²) in [5, 5.41) is 5.82. The van der Waals surface area contributed by atoms with Crippen molar-refractivity contribution in [3.8, 4) is 0 Å². The van der Waals surface area contributed by atoms with Crippen molar-refractivity contribution in [2.24, 2.45) is 0 Å². The molecular weight excluding hydrogens is 202 g/mol. The number of rotatable bonds is 3. The monoisotopic (exact) mass is 223 g/mol. The van der Waals surface area contributed by atoms with Crippen molar-refractivity contribution < 1.29 is 0 Å². The van der Waals surface area contributed by atoms with Crippen LogP contribution in [0.3, 0.4) is 0 Å². The lowest BCUT2D eigenvalue weighted by molar-refractivity contribution is 0.463. The standard InChI is InChI=1S/C13H21NS/c1-4-14-11-5-7-13(3,9-11)12-10(2)6-8-15-12/h6,8,11,14H,4-5,7,9H2,1-3H3. The molecule has 2 atom stereocenters. The summed E-state index contributed by atoms with van der Waals surface area (Å²) in [6, 6.07) is 2.99. The van der Waals surface area contributed by atoms with Gasteiger partial charge >= 0.3 is 0 Å². The summed E-state index contributed by atoms with van der Waals surface area (Å²) in [6.45, 7) is 7.98. The Kier molecular flexibility index (Phi) is 3.17. The average Bonchev–Trinajstić information content (AvgIpc) is 2.75. The van der Waals surface area contributed by atoms with E-state index >= 15 is 0 Å². The number of hydrogen-bond acceptors (Lipinski definition) is 2. The minimum Gasteiger partial charge on any atom is -0.314 e. The van der Waals surface area contributed by atoms with E-state index in [0.717, 1.165) is 12.6 Å². The molecule has 0 bridgehead atoms. The van der Waals surface area contributed by atoms with Gasteiger partial charge < -0.3 is 5.32 Å². The van der Waals surface area contributed by atoms with Crippen LogP contribution in [0.5, 0.6) is 0 Å². The van der Waals surface area contributed by atoms with Crippen molar-refractivity contribution in [1.29, 1.82) is 0 Å². The molecule has 1 aliphatic carbocycles. The summed E-state index contributed by atoms with van der Waals surface area (Å²) in [5.74, 6) is 0. The van der Waals surface area contributed by atoms with Gasteiger partial charge in [-0.15, -0.1) is 11.3 Å². The van der Waals surface area contributed by atoms with Crippen molar-refractivity contribution in [1.82, 2.24) is 5.32 Å². The highest BCUT2D eigenvalue weighted by Crippen LogP contribution is 2.44. The van der Waals surface area contributed by atoms with Crippen molar-refractivity contribution >= 4 is 11.3 Å². The zero-order chi connectivity index (χ0) is 10.9. The van der Waals surface area contributed by atoms with E-state index in [2.05, 4.69) is 37.5 Å². The van der Waals surface area contributed by atoms with Crippen molar-refractivity contribution in [2.75, 3.05) is 6.54 Å². The first kappa shape index (κ1) is 11.2. The highest BCUT2D eigenvalue weighted by Gasteiger charge is 2.37. The summed E-state index contributed by atoms with van der Waals surface area (Å²) < 4.78 is 0. The molecule has 0 spiro atoms. The molecule has 0 aromatic carbocycles.